The van der Waals surface area contributed by atoms with Gasteiger partial charge < -0.3 is 10.0 Å². The van der Waals surface area contributed by atoms with Crippen LogP contribution >= 0.6 is 23.3 Å². The first kappa shape index (κ1) is 14.3. The van der Waals surface area contributed by atoms with Crippen molar-refractivity contribution in [3.05, 3.63) is 10.6 Å². The number of aryl methyl sites for hydroxylation is 1. The van der Waals surface area contributed by atoms with Crippen molar-refractivity contribution in [3.8, 4) is 0 Å². The quantitative estimate of drug-likeness (QED) is 0.907. The van der Waals surface area contributed by atoms with E-state index >= 15 is 0 Å². The molecule has 1 aromatic heterocycles. The molecule has 1 aliphatic heterocycles. The first-order valence-corrected chi connectivity index (χ1v) is 7.86. The zero-order valence-corrected chi connectivity index (χ0v) is 12.3. The van der Waals surface area contributed by atoms with E-state index in [1.54, 1.807) is 0 Å². The number of thioether (sulfide) groups is 1. The molecule has 1 saturated heterocycles. The largest absolute Gasteiger partial charge is 0.480 e. The lowest BCUT2D eigenvalue weighted by Gasteiger charge is -2.24. The summed E-state index contributed by atoms with van der Waals surface area (Å²) in [6, 6.07) is -0.760. The van der Waals surface area contributed by atoms with Gasteiger partial charge in [-0.05, 0) is 24.9 Å². The Hall–Kier alpha value is -1.15. The second-order valence-corrected chi connectivity index (χ2v) is 6.40. The van der Waals surface area contributed by atoms with Crippen LogP contribution in [0.2, 0.25) is 0 Å². The Morgan fingerprint density at radius 2 is 2.26 bits per heavy atom. The van der Waals surface area contributed by atoms with E-state index in [0.29, 0.717) is 22.7 Å². The van der Waals surface area contributed by atoms with Gasteiger partial charge in [0.2, 0.25) is 0 Å². The highest BCUT2D eigenvalue weighted by molar-refractivity contribution is 8.00. The maximum atomic E-state index is 12.5. The molecule has 6 nitrogen and oxygen atoms in total. The molecule has 0 aliphatic carbocycles. The first-order chi connectivity index (χ1) is 9.06. The fraction of sp³-hybridized carbons (Fsp3) is 0.636. The summed E-state index contributed by atoms with van der Waals surface area (Å²) in [5.74, 6) is -0.791. The van der Waals surface area contributed by atoms with Gasteiger partial charge in [0.15, 0.2) is 0 Å². The second kappa shape index (κ2) is 5.87. The molecule has 1 amide bonds. The third kappa shape index (κ3) is 2.74. The maximum absolute atomic E-state index is 12.5. The number of carbonyl (C=O) groups excluding carboxylic acids is 1. The summed E-state index contributed by atoms with van der Waals surface area (Å²) in [7, 11) is 0. The van der Waals surface area contributed by atoms with Gasteiger partial charge in [0.1, 0.15) is 10.9 Å². The van der Waals surface area contributed by atoms with Crippen molar-refractivity contribution in [3.63, 3.8) is 0 Å². The van der Waals surface area contributed by atoms with Crippen LogP contribution in [0, 0.1) is 0 Å². The van der Waals surface area contributed by atoms with E-state index in [-0.39, 0.29) is 11.3 Å². The van der Waals surface area contributed by atoms with Crippen LogP contribution in [0.1, 0.15) is 35.6 Å². The normalized spacial score (nSPS) is 22.7. The Kier molecular flexibility index (Phi) is 4.41. The second-order valence-electron chi connectivity index (χ2n) is 4.30. The molecule has 8 heteroatoms. The lowest BCUT2D eigenvalue weighted by molar-refractivity contribution is -0.141. The molecule has 0 spiro atoms. The average molecular weight is 301 g/mol. The number of nitrogens with zero attached hydrogens (tertiary/aromatic N) is 3. The third-order valence-corrected chi connectivity index (χ3v) is 4.95. The van der Waals surface area contributed by atoms with Crippen LogP contribution in [0.15, 0.2) is 0 Å². The zero-order valence-electron chi connectivity index (χ0n) is 10.7. The smallest absolute Gasteiger partial charge is 0.327 e. The van der Waals surface area contributed by atoms with E-state index in [9.17, 15) is 14.7 Å². The highest BCUT2D eigenvalue weighted by Crippen LogP contribution is 2.31. The molecule has 1 fully saturated rings. The molecule has 104 valence electrons. The van der Waals surface area contributed by atoms with Crippen molar-refractivity contribution in [2.45, 2.75) is 38.1 Å². The van der Waals surface area contributed by atoms with Gasteiger partial charge in [-0.2, -0.15) is 0 Å². The minimum Gasteiger partial charge on any atom is -0.480 e. The van der Waals surface area contributed by atoms with Gasteiger partial charge in [-0.3, -0.25) is 4.79 Å². The number of aliphatic carboxylic acids is 1. The van der Waals surface area contributed by atoms with E-state index in [1.807, 2.05) is 13.8 Å². The maximum Gasteiger partial charge on any atom is 0.327 e. The molecular weight excluding hydrogens is 286 g/mol. The number of hydrogen-bond donors (Lipinski definition) is 1. The van der Waals surface area contributed by atoms with Crippen LogP contribution in [0.5, 0.6) is 0 Å². The van der Waals surface area contributed by atoms with Gasteiger partial charge >= 0.3 is 5.97 Å². The molecule has 2 rings (SSSR count). The van der Waals surface area contributed by atoms with Crippen LogP contribution in [0.25, 0.3) is 0 Å². The number of amides is 1. The van der Waals surface area contributed by atoms with Crippen LogP contribution in [-0.2, 0) is 11.2 Å². The van der Waals surface area contributed by atoms with Crippen molar-refractivity contribution in [1.29, 1.82) is 0 Å². The Labute approximate surface area is 119 Å². The van der Waals surface area contributed by atoms with Crippen LogP contribution in [0.3, 0.4) is 0 Å². The zero-order chi connectivity index (χ0) is 14.0. The van der Waals surface area contributed by atoms with Gasteiger partial charge in [0.25, 0.3) is 5.91 Å². The van der Waals surface area contributed by atoms with Crippen molar-refractivity contribution in [1.82, 2.24) is 14.5 Å². The molecule has 19 heavy (non-hydrogen) atoms. The van der Waals surface area contributed by atoms with Crippen LogP contribution < -0.4 is 0 Å². The predicted octanol–water partition coefficient (Wildman–Crippen LogP) is 1.48. The molecule has 0 radical (unpaired) electrons. The molecule has 0 aromatic carbocycles. The molecule has 2 atom stereocenters. The molecule has 1 aliphatic rings. The number of carbonyl (C=O) groups is 2. The lowest BCUT2D eigenvalue weighted by Crippen LogP contribution is -2.44. The van der Waals surface area contributed by atoms with E-state index in [1.165, 1.54) is 16.7 Å². The van der Waals surface area contributed by atoms with Crippen LogP contribution in [-0.4, -0.2) is 48.6 Å². The molecule has 0 saturated carbocycles. The van der Waals surface area contributed by atoms with E-state index < -0.39 is 12.0 Å². The summed E-state index contributed by atoms with van der Waals surface area (Å²) in [6.45, 7) is 3.85. The highest BCUT2D eigenvalue weighted by Gasteiger charge is 2.41. The van der Waals surface area contributed by atoms with Gasteiger partial charge in [-0.25, -0.2) is 4.79 Å². The summed E-state index contributed by atoms with van der Waals surface area (Å²) in [5.41, 5.74) is 0.672. The van der Waals surface area contributed by atoms with E-state index in [0.717, 1.165) is 18.0 Å². The minimum absolute atomic E-state index is 0.134. The summed E-state index contributed by atoms with van der Waals surface area (Å²) in [4.78, 5) is 25.6. The standard InChI is InChI=1S/C11H15N3O3S2/c1-3-4-7-9(19-13-12-7)10(15)14-6(2)18-5-8(14)11(16)17/h6,8H,3-5H2,1-2H3,(H,16,17). The fourth-order valence-electron chi connectivity index (χ4n) is 2.03. The van der Waals surface area contributed by atoms with E-state index in [4.69, 9.17) is 0 Å². The van der Waals surface area contributed by atoms with Gasteiger partial charge in [0.05, 0.1) is 11.1 Å². The summed E-state index contributed by atoms with van der Waals surface area (Å²) in [6.07, 6.45) is 1.56. The number of aromatic nitrogens is 2. The average Bonchev–Trinajstić information content (AvgIpc) is 2.95. The van der Waals surface area contributed by atoms with Gasteiger partial charge in [0, 0.05) is 5.75 Å². The fourth-order valence-corrected chi connectivity index (χ4v) is 3.85. The lowest BCUT2D eigenvalue weighted by atomic mass is 10.2. The Bertz CT molecular complexity index is 491. The van der Waals surface area contributed by atoms with Crippen molar-refractivity contribution >= 4 is 35.2 Å². The topological polar surface area (TPSA) is 83.4 Å². The van der Waals surface area contributed by atoms with Crippen LogP contribution in [0.4, 0.5) is 0 Å². The predicted molar refractivity (Wildman–Crippen MR) is 73.4 cm³/mol. The Balaban J connectivity index is 2.26. The van der Waals surface area contributed by atoms with Gasteiger partial charge in [-0.1, -0.05) is 17.8 Å². The molecule has 0 bridgehead atoms. The van der Waals surface area contributed by atoms with Crippen molar-refractivity contribution < 1.29 is 14.7 Å². The summed E-state index contributed by atoms with van der Waals surface area (Å²) < 4.78 is 3.82. The Morgan fingerprint density at radius 1 is 1.53 bits per heavy atom. The molecule has 2 heterocycles. The first-order valence-electron chi connectivity index (χ1n) is 6.04. The monoisotopic (exact) mass is 301 g/mol. The molecule has 2 unspecified atom stereocenters. The van der Waals surface area contributed by atoms with Crippen molar-refractivity contribution in [2.75, 3.05) is 5.75 Å². The highest BCUT2D eigenvalue weighted by atomic mass is 32.2. The third-order valence-electron chi connectivity index (χ3n) is 2.98. The molecule has 1 N–H and O–H groups in total. The number of rotatable bonds is 4. The Morgan fingerprint density at radius 3 is 2.89 bits per heavy atom. The summed E-state index contributed by atoms with van der Waals surface area (Å²) in [5, 5.41) is 13.0. The SMILES string of the molecule is CCCc1nnsc1C(=O)N1C(C)SCC1C(=O)O. The number of carboxylic acid groups (broad SMARTS) is 1. The minimum atomic E-state index is -0.959. The number of carboxylic acids is 1. The van der Waals surface area contributed by atoms with Crippen molar-refractivity contribution in [2.24, 2.45) is 0 Å². The summed E-state index contributed by atoms with van der Waals surface area (Å²) >= 11 is 2.52. The molecular formula is C11H15N3O3S2. The van der Waals surface area contributed by atoms with Gasteiger partial charge in [-0.15, -0.1) is 16.9 Å². The number of hydrogen-bond acceptors (Lipinski definition) is 6. The van der Waals surface area contributed by atoms with E-state index in [2.05, 4.69) is 9.59 Å². The molecule has 1 aromatic rings.